The smallest absolute Gasteiger partial charge is 0.191 e. The Kier molecular flexibility index (Phi) is 4.33. The molecule has 2 rings (SSSR count). The molecule has 2 atom stereocenters. The van der Waals surface area contributed by atoms with Crippen molar-refractivity contribution in [2.45, 2.75) is 49.2 Å². The second-order valence-electron chi connectivity index (χ2n) is 5.84. The molecular weight excluding hydrogens is 288 g/mol. The van der Waals surface area contributed by atoms with Gasteiger partial charge in [-0.15, -0.1) is 0 Å². The number of Topliss-reactive ketones (excluding diaryl/α,β-unsaturated/α-hetero) is 2. The summed E-state index contributed by atoms with van der Waals surface area (Å²) in [4.78, 5) is 24.1. The van der Waals surface area contributed by atoms with E-state index in [9.17, 15) is 18.0 Å². The average Bonchev–Trinajstić information content (AvgIpc) is 2.44. The molecule has 1 aliphatic rings. The molecule has 0 radical (unpaired) electrons. The topological polar surface area (TPSA) is 68.3 Å². The van der Waals surface area contributed by atoms with E-state index in [0.29, 0.717) is 12.8 Å². The molecule has 0 heterocycles. The van der Waals surface area contributed by atoms with Crippen LogP contribution >= 0.6 is 0 Å². The molecule has 0 spiro atoms. The molecule has 0 unspecified atom stereocenters. The summed E-state index contributed by atoms with van der Waals surface area (Å²) in [5.74, 6) is -0.797. The van der Waals surface area contributed by atoms with Gasteiger partial charge in [-0.3, -0.25) is 4.79 Å². The number of sulfone groups is 1. The summed E-state index contributed by atoms with van der Waals surface area (Å²) in [7, 11) is -3.81. The van der Waals surface area contributed by atoms with Crippen LogP contribution in [0.2, 0.25) is 0 Å². The number of benzene rings is 1. The summed E-state index contributed by atoms with van der Waals surface area (Å²) in [6.07, 6.45) is 1.63. The maximum atomic E-state index is 13.0. The molecular formula is C16H20O4S. The van der Waals surface area contributed by atoms with Gasteiger partial charge >= 0.3 is 0 Å². The predicted octanol–water partition coefficient (Wildman–Crippen LogP) is 2.57. The van der Waals surface area contributed by atoms with Gasteiger partial charge < -0.3 is 4.79 Å². The van der Waals surface area contributed by atoms with E-state index in [1.807, 2.05) is 0 Å². The third kappa shape index (κ3) is 2.67. The van der Waals surface area contributed by atoms with E-state index in [0.717, 1.165) is 0 Å². The Morgan fingerprint density at radius 3 is 2.48 bits per heavy atom. The van der Waals surface area contributed by atoms with Gasteiger partial charge in [0, 0.05) is 12.8 Å². The van der Waals surface area contributed by atoms with E-state index in [2.05, 4.69) is 0 Å². The van der Waals surface area contributed by atoms with Crippen molar-refractivity contribution >= 4 is 21.4 Å². The van der Waals surface area contributed by atoms with Crippen molar-refractivity contribution in [3.8, 4) is 0 Å². The minimum Gasteiger partial charge on any atom is -0.300 e. The zero-order valence-electron chi connectivity index (χ0n) is 12.3. The second-order valence-corrected chi connectivity index (χ2v) is 8.17. The fourth-order valence-electron chi connectivity index (χ4n) is 3.12. The summed E-state index contributed by atoms with van der Waals surface area (Å²) < 4.78 is 24.5. The lowest BCUT2D eigenvalue weighted by Gasteiger charge is -2.39. The molecule has 0 aliphatic heterocycles. The van der Waals surface area contributed by atoms with Crippen LogP contribution in [0.1, 0.15) is 39.5 Å². The Labute approximate surface area is 125 Å². The minimum atomic E-state index is -3.81. The standard InChI is InChI=1S/C16H20O4S/c1-12(17)11-13-7-6-10-15(18)16(13,2)21(19,20)14-8-4-3-5-9-14/h3-5,8-9,13H,6-7,10-11H2,1-2H3/t13-,16-/m1/s1. The highest BCUT2D eigenvalue weighted by molar-refractivity contribution is 7.93. The van der Waals surface area contributed by atoms with Gasteiger partial charge in [-0.1, -0.05) is 18.2 Å². The molecule has 114 valence electrons. The lowest BCUT2D eigenvalue weighted by molar-refractivity contribution is -0.125. The Morgan fingerprint density at radius 2 is 1.90 bits per heavy atom. The SMILES string of the molecule is CC(=O)C[C@H]1CCCC(=O)[C@]1(C)S(=O)(=O)c1ccccc1. The van der Waals surface area contributed by atoms with E-state index < -0.39 is 20.5 Å². The molecule has 0 amide bonds. The van der Waals surface area contributed by atoms with Crippen molar-refractivity contribution in [1.29, 1.82) is 0 Å². The van der Waals surface area contributed by atoms with E-state index >= 15 is 0 Å². The van der Waals surface area contributed by atoms with Gasteiger partial charge in [0.05, 0.1) is 4.90 Å². The van der Waals surface area contributed by atoms with Gasteiger partial charge in [-0.25, -0.2) is 8.42 Å². The first-order valence-corrected chi connectivity index (χ1v) is 8.61. The molecule has 21 heavy (non-hydrogen) atoms. The summed E-state index contributed by atoms with van der Waals surface area (Å²) in [5.41, 5.74) is 0. The van der Waals surface area contributed by atoms with Gasteiger partial charge in [-0.2, -0.15) is 0 Å². The third-order valence-electron chi connectivity index (χ3n) is 4.43. The van der Waals surface area contributed by atoms with Crippen LogP contribution in [0, 0.1) is 5.92 Å². The van der Waals surface area contributed by atoms with Gasteiger partial charge in [0.25, 0.3) is 0 Å². The van der Waals surface area contributed by atoms with E-state index in [1.54, 1.807) is 18.2 Å². The predicted molar refractivity (Wildman–Crippen MR) is 79.7 cm³/mol. The normalized spacial score (nSPS) is 26.6. The Morgan fingerprint density at radius 1 is 1.29 bits per heavy atom. The quantitative estimate of drug-likeness (QED) is 0.857. The zero-order chi connectivity index (χ0) is 15.7. The van der Waals surface area contributed by atoms with E-state index in [1.165, 1.54) is 26.0 Å². The number of hydrogen-bond donors (Lipinski definition) is 0. The van der Waals surface area contributed by atoms with Crippen molar-refractivity contribution in [3.63, 3.8) is 0 Å². The van der Waals surface area contributed by atoms with Crippen LogP contribution < -0.4 is 0 Å². The zero-order valence-corrected chi connectivity index (χ0v) is 13.2. The number of carbonyl (C=O) groups excluding carboxylic acids is 2. The van der Waals surface area contributed by atoms with Gasteiger partial charge in [0.15, 0.2) is 15.6 Å². The molecule has 1 saturated carbocycles. The van der Waals surface area contributed by atoms with Crippen LogP contribution in [0.25, 0.3) is 0 Å². The van der Waals surface area contributed by atoms with Crippen LogP contribution in [-0.2, 0) is 19.4 Å². The molecule has 5 heteroatoms. The fraction of sp³-hybridized carbons (Fsp3) is 0.500. The highest BCUT2D eigenvalue weighted by atomic mass is 32.2. The first-order chi connectivity index (χ1) is 9.80. The lowest BCUT2D eigenvalue weighted by atomic mass is 9.76. The maximum Gasteiger partial charge on any atom is 0.191 e. The average molecular weight is 308 g/mol. The molecule has 4 nitrogen and oxygen atoms in total. The molecule has 1 aromatic carbocycles. The summed E-state index contributed by atoms with van der Waals surface area (Å²) >= 11 is 0. The van der Waals surface area contributed by atoms with Crippen LogP contribution in [0.4, 0.5) is 0 Å². The Hall–Kier alpha value is -1.49. The summed E-state index contributed by atoms with van der Waals surface area (Å²) in [5, 5.41) is 0. The van der Waals surface area contributed by atoms with Crippen molar-refractivity contribution in [2.75, 3.05) is 0 Å². The van der Waals surface area contributed by atoms with Gasteiger partial charge in [0.1, 0.15) is 10.5 Å². The van der Waals surface area contributed by atoms with E-state index in [4.69, 9.17) is 0 Å². The van der Waals surface area contributed by atoms with Crippen molar-refractivity contribution in [2.24, 2.45) is 5.92 Å². The van der Waals surface area contributed by atoms with Crippen LogP contribution in [0.15, 0.2) is 35.2 Å². The summed E-state index contributed by atoms with van der Waals surface area (Å²) in [6, 6.07) is 8.03. The lowest BCUT2D eigenvalue weighted by Crippen LogP contribution is -2.52. The van der Waals surface area contributed by atoms with Crippen LogP contribution in [0.3, 0.4) is 0 Å². The first kappa shape index (κ1) is 15.9. The van der Waals surface area contributed by atoms with Crippen molar-refractivity contribution < 1.29 is 18.0 Å². The number of carbonyl (C=O) groups is 2. The minimum absolute atomic E-state index is 0.0795. The molecule has 1 fully saturated rings. The maximum absolute atomic E-state index is 13.0. The second kappa shape index (κ2) is 5.72. The van der Waals surface area contributed by atoms with E-state index in [-0.39, 0.29) is 29.3 Å². The largest absolute Gasteiger partial charge is 0.300 e. The highest BCUT2D eigenvalue weighted by Crippen LogP contribution is 2.42. The third-order valence-corrected chi connectivity index (χ3v) is 7.00. The molecule has 0 N–H and O–H groups in total. The Bertz CT molecular complexity index is 648. The van der Waals surface area contributed by atoms with Crippen LogP contribution in [-0.4, -0.2) is 24.7 Å². The fourth-order valence-corrected chi connectivity index (χ4v) is 5.16. The van der Waals surface area contributed by atoms with Crippen molar-refractivity contribution in [3.05, 3.63) is 30.3 Å². The summed E-state index contributed by atoms with van der Waals surface area (Å²) in [6.45, 7) is 2.93. The van der Waals surface area contributed by atoms with Crippen molar-refractivity contribution in [1.82, 2.24) is 0 Å². The monoisotopic (exact) mass is 308 g/mol. The molecule has 0 bridgehead atoms. The molecule has 0 saturated heterocycles. The molecule has 1 aromatic rings. The highest BCUT2D eigenvalue weighted by Gasteiger charge is 2.53. The first-order valence-electron chi connectivity index (χ1n) is 7.12. The molecule has 1 aliphatic carbocycles. The van der Waals surface area contributed by atoms with Crippen LogP contribution in [0.5, 0.6) is 0 Å². The number of rotatable bonds is 4. The van der Waals surface area contributed by atoms with Gasteiger partial charge in [0.2, 0.25) is 0 Å². The Balaban J connectivity index is 2.53. The molecule has 0 aromatic heterocycles. The number of hydrogen-bond acceptors (Lipinski definition) is 4. The number of ketones is 2. The van der Waals surface area contributed by atoms with Gasteiger partial charge in [-0.05, 0) is 44.7 Å².